The van der Waals surface area contributed by atoms with Crippen LogP contribution in [0, 0.1) is 12.8 Å². The highest BCUT2D eigenvalue weighted by Crippen LogP contribution is 2.21. The van der Waals surface area contributed by atoms with Crippen LogP contribution in [0.15, 0.2) is 59.7 Å². The maximum Gasteiger partial charge on any atom is 0.309 e. The quantitative estimate of drug-likeness (QED) is 0.393. The molecule has 9 heteroatoms. The zero-order chi connectivity index (χ0) is 24.2. The van der Waals surface area contributed by atoms with E-state index in [9.17, 15) is 19.8 Å². The number of carboxylic acid groups (broad SMARTS) is 1. The summed E-state index contributed by atoms with van der Waals surface area (Å²) in [6.45, 7) is 1.91. The monoisotopic (exact) mass is 461 g/mol. The molecule has 2 aromatic heterocycles. The number of aliphatic hydroxyl groups excluding tert-OH is 1. The second-order valence-corrected chi connectivity index (χ2v) is 8.53. The Kier molecular flexibility index (Phi) is 6.83. The molecule has 2 atom stereocenters. The molecule has 0 fully saturated rings. The van der Waals surface area contributed by atoms with Crippen LogP contribution in [-0.4, -0.2) is 47.1 Å². The maximum absolute atomic E-state index is 12.7. The van der Waals surface area contributed by atoms with E-state index in [1.165, 1.54) is 4.68 Å². The third-order valence-corrected chi connectivity index (χ3v) is 6.11. The number of aryl methyl sites for hydroxylation is 4. The molecule has 4 rings (SSSR count). The largest absolute Gasteiger partial charge is 0.481 e. The van der Waals surface area contributed by atoms with Crippen LogP contribution in [0.2, 0.25) is 0 Å². The van der Waals surface area contributed by atoms with Gasteiger partial charge in [0.05, 0.1) is 23.6 Å². The molecule has 0 saturated heterocycles. The van der Waals surface area contributed by atoms with Crippen molar-refractivity contribution in [2.45, 2.75) is 38.8 Å². The fourth-order valence-electron chi connectivity index (χ4n) is 4.08. The molecular weight excluding hydrogens is 434 g/mol. The topological polar surface area (TPSA) is 123 Å². The average molecular weight is 462 g/mol. The Morgan fingerprint density at radius 3 is 2.53 bits per heavy atom. The summed E-state index contributed by atoms with van der Waals surface area (Å²) in [6.07, 6.45) is 3.57. The van der Waals surface area contributed by atoms with Gasteiger partial charge in [-0.25, -0.2) is 4.68 Å². The average Bonchev–Trinajstić information content (AvgIpc) is 3.26. The van der Waals surface area contributed by atoms with Gasteiger partial charge in [0, 0.05) is 25.4 Å². The Morgan fingerprint density at radius 2 is 1.85 bits per heavy atom. The molecule has 2 aromatic carbocycles. The van der Waals surface area contributed by atoms with Crippen molar-refractivity contribution in [1.29, 1.82) is 0 Å². The van der Waals surface area contributed by atoms with Crippen molar-refractivity contribution in [2.24, 2.45) is 13.0 Å². The number of rotatable bonds is 9. The molecule has 34 heavy (non-hydrogen) atoms. The van der Waals surface area contributed by atoms with E-state index in [2.05, 4.69) is 15.4 Å². The molecule has 4 aromatic rings. The molecule has 0 amide bonds. The molecule has 9 nitrogen and oxygen atoms in total. The van der Waals surface area contributed by atoms with Crippen molar-refractivity contribution in [1.82, 2.24) is 24.8 Å². The van der Waals surface area contributed by atoms with Crippen LogP contribution in [0.4, 0.5) is 0 Å². The summed E-state index contributed by atoms with van der Waals surface area (Å²) in [6, 6.07) is 13.2. The minimum Gasteiger partial charge on any atom is -0.481 e. The number of nitrogens with zero attached hydrogens (tertiary/aromatic N) is 5. The molecule has 0 unspecified atom stereocenters. The highest BCUT2D eigenvalue weighted by atomic mass is 16.4. The Hall–Kier alpha value is -3.85. The van der Waals surface area contributed by atoms with E-state index >= 15 is 0 Å². The van der Waals surface area contributed by atoms with Gasteiger partial charge in [-0.2, -0.15) is 5.10 Å². The first-order chi connectivity index (χ1) is 16.3. The number of fused-ring (bicyclic) bond motifs is 1. The Morgan fingerprint density at radius 1 is 1.09 bits per heavy atom. The van der Waals surface area contributed by atoms with E-state index < -0.39 is 18.0 Å². The van der Waals surface area contributed by atoms with Gasteiger partial charge in [-0.05, 0) is 48.9 Å². The predicted octanol–water partition coefficient (Wildman–Crippen LogP) is 2.59. The lowest BCUT2D eigenvalue weighted by molar-refractivity contribution is -0.146. The first-order valence-corrected chi connectivity index (χ1v) is 11.2. The van der Waals surface area contributed by atoms with Crippen LogP contribution in [0.3, 0.4) is 0 Å². The molecular formula is C25H27N5O4. The van der Waals surface area contributed by atoms with Crippen molar-refractivity contribution in [3.63, 3.8) is 0 Å². The highest BCUT2D eigenvalue weighted by Gasteiger charge is 2.26. The van der Waals surface area contributed by atoms with Crippen LogP contribution >= 0.6 is 0 Å². The van der Waals surface area contributed by atoms with Gasteiger partial charge >= 0.3 is 5.97 Å². The summed E-state index contributed by atoms with van der Waals surface area (Å²) in [7, 11) is 1.86. The van der Waals surface area contributed by atoms with Crippen LogP contribution in [0.1, 0.15) is 24.0 Å². The number of carbonyl (C=O) groups is 1. The third-order valence-electron chi connectivity index (χ3n) is 6.11. The van der Waals surface area contributed by atoms with E-state index in [1.807, 2.05) is 50.5 Å². The van der Waals surface area contributed by atoms with Gasteiger partial charge < -0.3 is 10.2 Å². The first-order valence-electron chi connectivity index (χ1n) is 11.2. The van der Waals surface area contributed by atoms with Gasteiger partial charge in [0.2, 0.25) is 0 Å². The lowest BCUT2D eigenvalue weighted by atomic mass is 9.93. The molecule has 2 N–H and O–H groups in total. The van der Waals surface area contributed by atoms with Crippen LogP contribution < -0.4 is 5.56 Å². The van der Waals surface area contributed by atoms with E-state index in [0.29, 0.717) is 23.7 Å². The molecule has 176 valence electrons. The van der Waals surface area contributed by atoms with Gasteiger partial charge in [0.25, 0.3) is 5.56 Å². The number of hydrogen-bond acceptors (Lipinski definition) is 6. The van der Waals surface area contributed by atoms with E-state index in [1.54, 1.807) is 23.0 Å². The molecule has 0 bridgehead atoms. The maximum atomic E-state index is 12.7. The van der Waals surface area contributed by atoms with Crippen LogP contribution in [0.25, 0.3) is 22.0 Å². The van der Waals surface area contributed by atoms with Crippen LogP contribution in [-0.2, 0) is 24.8 Å². The summed E-state index contributed by atoms with van der Waals surface area (Å²) in [5.41, 5.74) is 4.12. The second kappa shape index (κ2) is 9.96. The molecule has 0 spiro atoms. The SMILES string of the molecule is Cc1cccc2c(=O)n(CC[C@H](C(=O)O)[C@H](O)CCc3ccc(-c4cnn(C)c4)cc3)nnc12. The minimum absolute atomic E-state index is 0.0591. The van der Waals surface area contributed by atoms with Crippen molar-refractivity contribution >= 4 is 16.9 Å². The Bertz CT molecular complexity index is 1360. The molecule has 0 aliphatic rings. The second-order valence-electron chi connectivity index (χ2n) is 8.53. The van der Waals surface area contributed by atoms with Crippen molar-refractivity contribution < 1.29 is 15.0 Å². The fraction of sp³-hybridized carbons (Fsp3) is 0.320. The summed E-state index contributed by atoms with van der Waals surface area (Å²) >= 11 is 0. The smallest absolute Gasteiger partial charge is 0.309 e. The molecule has 0 saturated carbocycles. The zero-order valence-corrected chi connectivity index (χ0v) is 19.1. The van der Waals surface area contributed by atoms with Crippen molar-refractivity contribution in [3.05, 3.63) is 76.3 Å². The van der Waals surface area contributed by atoms with Gasteiger partial charge in [0.15, 0.2) is 0 Å². The highest BCUT2D eigenvalue weighted by molar-refractivity contribution is 5.79. The summed E-state index contributed by atoms with van der Waals surface area (Å²) in [5.74, 6) is -2.12. The van der Waals surface area contributed by atoms with E-state index in [4.69, 9.17) is 0 Å². The standard InChI is InChI=1S/C25H27N5O4/c1-16-4-3-5-21-23(16)27-28-30(24(21)32)13-12-20(25(33)34)22(31)11-8-17-6-9-18(10-7-17)19-14-26-29(2)15-19/h3-7,9-10,14-15,20,22,31H,8,11-13H2,1-2H3,(H,33,34)/t20-,22+/m0/s1. The molecule has 0 aliphatic carbocycles. The Labute approximate surface area is 196 Å². The summed E-state index contributed by atoms with van der Waals surface area (Å²) < 4.78 is 2.91. The normalized spacial score (nSPS) is 13.1. The minimum atomic E-state index is -1.10. The zero-order valence-electron chi connectivity index (χ0n) is 19.1. The number of carboxylic acids is 1. The predicted molar refractivity (Wildman–Crippen MR) is 127 cm³/mol. The third kappa shape index (κ3) is 5.04. The fourth-order valence-corrected chi connectivity index (χ4v) is 4.08. The lowest BCUT2D eigenvalue weighted by Crippen LogP contribution is -2.32. The summed E-state index contributed by atoms with van der Waals surface area (Å²) in [5, 5.41) is 33.0. The van der Waals surface area contributed by atoms with Gasteiger partial charge in [-0.15, -0.1) is 5.10 Å². The number of aliphatic hydroxyl groups is 1. The number of aromatic nitrogens is 5. The lowest BCUT2D eigenvalue weighted by Gasteiger charge is -2.19. The number of aliphatic carboxylic acids is 1. The van der Waals surface area contributed by atoms with Gasteiger partial charge in [-0.1, -0.05) is 41.6 Å². The molecule has 0 radical (unpaired) electrons. The van der Waals surface area contributed by atoms with Gasteiger partial charge in [-0.3, -0.25) is 14.3 Å². The van der Waals surface area contributed by atoms with Crippen molar-refractivity contribution in [3.8, 4) is 11.1 Å². The molecule has 2 heterocycles. The summed E-state index contributed by atoms with van der Waals surface area (Å²) in [4.78, 5) is 24.5. The Balaban J connectivity index is 1.39. The van der Waals surface area contributed by atoms with Crippen LogP contribution in [0.5, 0.6) is 0 Å². The first kappa shape index (κ1) is 23.3. The van der Waals surface area contributed by atoms with E-state index in [-0.39, 0.29) is 18.5 Å². The number of hydrogen-bond donors (Lipinski definition) is 2. The van der Waals surface area contributed by atoms with Gasteiger partial charge in [0.1, 0.15) is 5.52 Å². The molecule has 0 aliphatic heterocycles. The van der Waals surface area contributed by atoms with Crippen molar-refractivity contribution in [2.75, 3.05) is 0 Å². The van der Waals surface area contributed by atoms with E-state index in [0.717, 1.165) is 22.3 Å². The number of benzene rings is 2.